The molecule has 0 fully saturated rings. The van der Waals surface area contributed by atoms with Crippen LogP contribution in [0.2, 0.25) is 0 Å². The molecule has 2 aromatic rings. The summed E-state index contributed by atoms with van der Waals surface area (Å²) in [5.41, 5.74) is 0.898. The third-order valence-corrected chi connectivity index (χ3v) is 2.85. The number of hydrogen-bond acceptors (Lipinski definition) is 3. The monoisotopic (exact) mass is 261 g/mol. The summed E-state index contributed by atoms with van der Waals surface area (Å²) in [5.74, 6) is 0.0725. The fourth-order valence-electron chi connectivity index (χ4n) is 2.11. The number of carbonyl (C=O) groups excluding carboxylic acids is 1. The van der Waals surface area contributed by atoms with Gasteiger partial charge in [0, 0.05) is 19.0 Å². The van der Waals surface area contributed by atoms with Crippen molar-refractivity contribution in [3.63, 3.8) is 0 Å². The van der Waals surface area contributed by atoms with Crippen LogP contribution in [-0.2, 0) is 0 Å². The molecule has 0 bridgehead atoms. The molecule has 1 N–H and O–H groups in total. The predicted octanol–water partition coefficient (Wildman–Crippen LogP) is 2.58. The Morgan fingerprint density at radius 3 is 2.68 bits per heavy atom. The molecule has 4 heteroatoms. The molecule has 19 heavy (non-hydrogen) atoms. The lowest BCUT2D eigenvalue weighted by Crippen LogP contribution is -2.39. The van der Waals surface area contributed by atoms with E-state index in [-0.39, 0.29) is 12.5 Å². The molecule has 0 unspecified atom stereocenters. The first-order valence-electron chi connectivity index (χ1n) is 6.24. The molecule has 0 aliphatic carbocycles. The SMILES string of the molecule is Cc1ccc2oc(C(=O)N(C)CC(C)(C)O)cc2c1. The third-order valence-electron chi connectivity index (χ3n) is 2.85. The fraction of sp³-hybridized carbons (Fsp3) is 0.400. The molecule has 1 aromatic heterocycles. The van der Waals surface area contributed by atoms with E-state index in [2.05, 4.69) is 0 Å². The summed E-state index contributed by atoms with van der Waals surface area (Å²) in [5, 5.41) is 10.7. The summed E-state index contributed by atoms with van der Waals surface area (Å²) in [7, 11) is 1.65. The number of fused-ring (bicyclic) bond motifs is 1. The van der Waals surface area contributed by atoms with Gasteiger partial charge in [0.05, 0.1) is 5.60 Å². The lowest BCUT2D eigenvalue weighted by atomic mass is 10.1. The van der Waals surface area contributed by atoms with E-state index in [1.54, 1.807) is 27.0 Å². The molecule has 4 nitrogen and oxygen atoms in total. The molecule has 0 aliphatic heterocycles. The van der Waals surface area contributed by atoms with Gasteiger partial charge in [0.25, 0.3) is 5.91 Å². The summed E-state index contributed by atoms with van der Waals surface area (Å²) in [6.07, 6.45) is 0. The van der Waals surface area contributed by atoms with Crippen molar-refractivity contribution in [3.05, 3.63) is 35.6 Å². The van der Waals surface area contributed by atoms with Crippen LogP contribution in [0.3, 0.4) is 0 Å². The average Bonchev–Trinajstić information content (AvgIpc) is 2.68. The maximum Gasteiger partial charge on any atom is 0.289 e. The van der Waals surface area contributed by atoms with Gasteiger partial charge in [-0.1, -0.05) is 11.6 Å². The quantitative estimate of drug-likeness (QED) is 0.924. The zero-order valence-corrected chi connectivity index (χ0v) is 11.7. The summed E-state index contributed by atoms with van der Waals surface area (Å²) < 4.78 is 5.55. The number of nitrogens with zero attached hydrogens (tertiary/aromatic N) is 1. The highest BCUT2D eigenvalue weighted by molar-refractivity contribution is 5.96. The molecule has 0 aliphatic rings. The zero-order valence-electron chi connectivity index (χ0n) is 11.7. The Hall–Kier alpha value is -1.81. The molecular formula is C15H19NO3. The second-order valence-electron chi connectivity index (χ2n) is 5.63. The zero-order chi connectivity index (χ0) is 14.2. The van der Waals surface area contributed by atoms with Crippen molar-refractivity contribution in [2.45, 2.75) is 26.4 Å². The van der Waals surface area contributed by atoms with Crippen LogP contribution < -0.4 is 0 Å². The number of furan rings is 1. The van der Waals surface area contributed by atoms with Crippen molar-refractivity contribution in [1.82, 2.24) is 4.90 Å². The first kappa shape index (κ1) is 13.6. The molecule has 0 saturated carbocycles. The molecular weight excluding hydrogens is 242 g/mol. The number of rotatable bonds is 3. The molecule has 0 spiro atoms. The van der Waals surface area contributed by atoms with Crippen LogP contribution in [0.5, 0.6) is 0 Å². The predicted molar refractivity (Wildman–Crippen MR) is 74.2 cm³/mol. The number of hydrogen-bond donors (Lipinski definition) is 1. The summed E-state index contributed by atoms with van der Waals surface area (Å²) in [6.45, 7) is 5.58. The van der Waals surface area contributed by atoms with Gasteiger partial charge in [0.1, 0.15) is 5.58 Å². The van der Waals surface area contributed by atoms with Crippen LogP contribution in [-0.4, -0.2) is 35.1 Å². The van der Waals surface area contributed by atoms with Gasteiger partial charge < -0.3 is 14.4 Å². The summed E-state index contributed by atoms with van der Waals surface area (Å²) in [4.78, 5) is 13.7. The van der Waals surface area contributed by atoms with Crippen molar-refractivity contribution in [1.29, 1.82) is 0 Å². The van der Waals surface area contributed by atoms with Gasteiger partial charge >= 0.3 is 0 Å². The number of benzene rings is 1. The van der Waals surface area contributed by atoms with Crippen LogP contribution >= 0.6 is 0 Å². The van der Waals surface area contributed by atoms with Crippen LogP contribution in [0, 0.1) is 6.92 Å². The Bertz CT molecular complexity index is 607. The second-order valence-corrected chi connectivity index (χ2v) is 5.63. The number of aryl methyl sites for hydroxylation is 1. The summed E-state index contributed by atoms with van der Waals surface area (Å²) in [6, 6.07) is 7.52. The Labute approximate surface area is 112 Å². The van der Waals surface area contributed by atoms with Crippen LogP contribution in [0.15, 0.2) is 28.7 Å². The molecule has 2 rings (SSSR count). The van der Waals surface area contributed by atoms with E-state index in [1.165, 1.54) is 4.90 Å². The third kappa shape index (κ3) is 3.15. The lowest BCUT2D eigenvalue weighted by Gasteiger charge is -2.24. The normalized spacial score (nSPS) is 11.8. The van der Waals surface area contributed by atoms with E-state index in [0.29, 0.717) is 11.3 Å². The Balaban J connectivity index is 2.26. The highest BCUT2D eigenvalue weighted by Crippen LogP contribution is 2.21. The number of aliphatic hydroxyl groups is 1. The first-order chi connectivity index (χ1) is 8.76. The average molecular weight is 261 g/mol. The molecule has 0 radical (unpaired) electrons. The standard InChI is InChI=1S/C15H19NO3/c1-10-5-6-12-11(7-10)8-13(19-12)14(17)16(4)9-15(2,3)18/h5-8,18H,9H2,1-4H3. The van der Waals surface area contributed by atoms with Gasteiger partial charge in [-0.05, 0) is 39.0 Å². The lowest BCUT2D eigenvalue weighted by molar-refractivity contribution is 0.0353. The highest BCUT2D eigenvalue weighted by Gasteiger charge is 2.22. The van der Waals surface area contributed by atoms with Crippen molar-refractivity contribution >= 4 is 16.9 Å². The second kappa shape index (κ2) is 4.70. The highest BCUT2D eigenvalue weighted by atomic mass is 16.3. The van der Waals surface area contributed by atoms with E-state index in [1.807, 2.05) is 25.1 Å². The first-order valence-corrected chi connectivity index (χ1v) is 6.24. The van der Waals surface area contributed by atoms with Crippen LogP contribution in [0.1, 0.15) is 30.0 Å². The molecule has 102 valence electrons. The molecule has 0 saturated heterocycles. The minimum Gasteiger partial charge on any atom is -0.451 e. The largest absolute Gasteiger partial charge is 0.451 e. The van der Waals surface area contributed by atoms with Gasteiger partial charge in [0.15, 0.2) is 5.76 Å². The van der Waals surface area contributed by atoms with Gasteiger partial charge in [-0.25, -0.2) is 0 Å². The van der Waals surface area contributed by atoms with Gasteiger partial charge in [-0.15, -0.1) is 0 Å². The van der Waals surface area contributed by atoms with E-state index in [4.69, 9.17) is 4.42 Å². The van der Waals surface area contributed by atoms with E-state index >= 15 is 0 Å². The van der Waals surface area contributed by atoms with Crippen LogP contribution in [0.4, 0.5) is 0 Å². The minimum atomic E-state index is -0.924. The Morgan fingerprint density at radius 1 is 1.37 bits per heavy atom. The maximum absolute atomic E-state index is 12.2. The topological polar surface area (TPSA) is 53.7 Å². The Morgan fingerprint density at radius 2 is 2.05 bits per heavy atom. The van der Waals surface area contributed by atoms with Crippen LogP contribution in [0.25, 0.3) is 11.0 Å². The van der Waals surface area contributed by atoms with Gasteiger partial charge in [0.2, 0.25) is 0 Å². The van der Waals surface area contributed by atoms with Gasteiger partial charge in [-0.2, -0.15) is 0 Å². The van der Waals surface area contributed by atoms with Crippen molar-refractivity contribution in [2.24, 2.45) is 0 Å². The van der Waals surface area contributed by atoms with Crippen molar-refractivity contribution in [2.75, 3.05) is 13.6 Å². The summed E-state index contributed by atoms with van der Waals surface area (Å²) >= 11 is 0. The molecule has 1 amide bonds. The van der Waals surface area contributed by atoms with E-state index < -0.39 is 5.60 Å². The van der Waals surface area contributed by atoms with E-state index in [9.17, 15) is 9.90 Å². The number of carbonyl (C=O) groups is 1. The molecule has 0 atom stereocenters. The smallest absolute Gasteiger partial charge is 0.289 e. The minimum absolute atomic E-state index is 0.226. The fourth-order valence-corrected chi connectivity index (χ4v) is 2.11. The molecule has 1 heterocycles. The van der Waals surface area contributed by atoms with E-state index in [0.717, 1.165) is 10.9 Å². The maximum atomic E-state index is 12.2. The number of amides is 1. The van der Waals surface area contributed by atoms with Gasteiger partial charge in [-0.3, -0.25) is 4.79 Å². The van der Waals surface area contributed by atoms with Crippen molar-refractivity contribution < 1.29 is 14.3 Å². The molecule has 1 aromatic carbocycles. The Kier molecular flexibility index (Phi) is 3.37. The number of likely N-dealkylation sites (N-methyl/N-ethyl adjacent to an activating group) is 1. The van der Waals surface area contributed by atoms with Crippen molar-refractivity contribution in [3.8, 4) is 0 Å².